The third kappa shape index (κ3) is 3.46. The Morgan fingerprint density at radius 3 is 2.92 bits per heavy atom. The highest BCUT2D eigenvalue weighted by molar-refractivity contribution is 5.08. The van der Waals surface area contributed by atoms with E-state index in [0.717, 1.165) is 32.2 Å². The van der Waals surface area contributed by atoms with Crippen molar-refractivity contribution in [3.63, 3.8) is 0 Å². The average molecular weight is 339 g/mol. The molecule has 24 heavy (non-hydrogen) atoms. The van der Waals surface area contributed by atoms with Crippen LogP contribution in [0.1, 0.15) is 31.4 Å². The number of nitrogens with zero attached hydrogens (tertiary/aromatic N) is 1. The summed E-state index contributed by atoms with van der Waals surface area (Å²) >= 11 is 0. The summed E-state index contributed by atoms with van der Waals surface area (Å²) in [5.74, 6) is 0. The largest absolute Gasteiger partial charge is 0.394 e. The van der Waals surface area contributed by atoms with Crippen LogP contribution in [0, 0.1) is 0 Å². The molecule has 2 aliphatic rings. The van der Waals surface area contributed by atoms with Gasteiger partial charge in [-0.2, -0.15) is 0 Å². The second-order valence-corrected chi connectivity index (χ2v) is 6.61. The monoisotopic (exact) mass is 339 g/mol. The molecule has 1 saturated carbocycles. The van der Waals surface area contributed by atoms with Gasteiger partial charge < -0.3 is 19.6 Å². The molecule has 0 spiro atoms. The van der Waals surface area contributed by atoms with Crippen LogP contribution in [0.4, 0.5) is 0 Å². The quantitative estimate of drug-likeness (QED) is 0.650. The predicted molar refractivity (Wildman–Crippen MR) is 86.9 cm³/mol. The number of fused-ring (bicyclic) bond motifs is 1. The highest BCUT2D eigenvalue weighted by Crippen LogP contribution is 2.43. The summed E-state index contributed by atoms with van der Waals surface area (Å²) in [7, 11) is 1.75. The maximum absolute atomic E-state index is 11.5. The van der Waals surface area contributed by atoms with E-state index in [4.69, 9.17) is 14.6 Å². The number of methoxy groups -OCH3 is 1. The van der Waals surface area contributed by atoms with Crippen molar-refractivity contribution in [2.45, 2.75) is 50.0 Å². The number of nitrogens with one attached hydrogen (secondary N) is 2. The Labute approximate surface area is 139 Å². The molecule has 8 heteroatoms. The zero-order chi connectivity index (χ0) is 17.2. The number of ether oxygens (including phenoxy) is 2. The lowest BCUT2D eigenvalue weighted by atomic mass is 9.79. The summed E-state index contributed by atoms with van der Waals surface area (Å²) in [4.78, 5) is 30.1. The maximum atomic E-state index is 11.5. The van der Waals surface area contributed by atoms with Crippen molar-refractivity contribution in [3.8, 4) is 0 Å². The van der Waals surface area contributed by atoms with Crippen molar-refractivity contribution in [1.29, 1.82) is 0 Å². The fourth-order valence-corrected chi connectivity index (χ4v) is 4.14. The summed E-state index contributed by atoms with van der Waals surface area (Å²) in [6.07, 6.45) is 3.67. The van der Waals surface area contributed by atoms with Gasteiger partial charge in [-0.25, -0.2) is 4.79 Å². The lowest BCUT2D eigenvalue weighted by molar-refractivity contribution is -0.104. The number of rotatable bonds is 6. The van der Waals surface area contributed by atoms with E-state index in [0.29, 0.717) is 18.8 Å². The molecule has 1 aliphatic carbocycles. The van der Waals surface area contributed by atoms with Crippen LogP contribution in [0.25, 0.3) is 0 Å². The molecule has 1 aliphatic heterocycles. The maximum Gasteiger partial charge on any atom is 0.325 e. The van der Waals surface area contributed by atoms with Gasteiger partial charge in [0, 0.05) is 38.0 Å². The normalized spacial score (nSPS) is 30.4. The van der Waals surface area contributed by atoms with Crippen molar-refractivity contribution in [1.82, 2.24) is 14.9 Å². The van der Waals surface area contributed by atoms with Crippen LogP contribution in [0.3, 0.4) is 0 Å². The minimum absolute atomic E-state index is 0.0222. The van der Waals surface area contributed by atoms with Gasteiger partial charge >= 0.3 is 5.69 Å². The average Bonchev–Trinajstić information content (AvgIpc) is 2.90. The van der Waals surface area contributed by atoms with E-state index in [1.807, 2.05) is 0 Å². The van der Waals surface area contributed by atoms with E-state index >= 15 is 0 Å². The highest BCUT2D eigenvalue weighted by Gasteiger charge is 2.51. The second-order valence-electron chi connectivity index (χ2n) is 6.61. The molecule has 0 unspecified atom stereocenters. The lowest BCUT2D eigenvalue weighted by Crippen LogP contribution is -2.51. The topological polar surface area (TPSA) is 108 Å². The van der Waals surface area contributed by atoms with Crippen LogP contribution in [0.5, 0.6) is 0 Å². The van der Waals surface area contributed by atoms with Gasteiger partial charge in [-0.1, -0.05) is 0 Å². The first-order chi connectivity index (χ1) is 11.6. The number of aliphatic hydroxyl groups excluding tert-OH is 1. The van der Waals surface area contributed by atoms with Gasteiger partial charge in [0.25, 0.3) is 5.56 Å². The Bertz CT molecular complexity index is 644. The molecule has 134 valence electrons. The molecular weight excluding hydrogens is 314 g/mol. The minimum atomic E-state index is -0.484. The summed E-state index contributed by atoms with van der Waals surface area (Å²) in [5, 5.41) is 8.95. The number of likely N-dealkylation sites (tertiary alicyclic amines) is 1. The van der Waals surface area contributed by atoms with E-state index in [2.05, 4.69) is 14.9 Å². The molecule has 8 nitrogen and oxygen atoms in total. The van der Waals surface area contributed by atoms with E-state index in [-0.39, 0.29) is 24.4 Å². The Kier molecular flexibility index (Phi) is 5.19. The lowest BCUT2D eigenvalue weighted by Gasteiger charge is -2.43. The number of hydrogen-bond donors (Lipinski definition) is 3. The van der Waals surface area contributed by atoms with E-state index in [9.17, 15) is 9.59 Å². The van der Waals surface area contributed by atoms with Crippen molar-refractivity contribution < 1.29 is 14.6 Å². The molecule has 1 aromatic heterocycles. The molecule has 3 rings (SSSR count). The van der Waals surface area contributed by atoms with Gasteiger partial charge in [0.1, 0.15) is 0 Å². The number of aliphatic hydroxyl groups is 1. The molecule has 1 aromatic rings. The smallest absolute Gasteiger partial charge is 0.325 e. The SMILES string of the molecule is CO[C@@]12CC[C@@H](OCCO)C[C@@H]1N(Cc1cc(=O)[nH]c(=O)[nH]1)CC2. The summed E-state index contributed by atoms with van der Waals surface area (Å²) < 4.78 is 11.6. The fraction of sp³-hybridized carbons (Fsp3) is 0.750. The Hall–Kier alpha value is -1.48. The third-order valence-electron chi connectivity index (χ3n) is 5.29. The number of H-pyrrole nitrogens is 2. The third-order valence-corrected chi connectivity index (χ3v) is 5.29. The van der Waals surface area contributed by atoms with Crippen LogP contribution >= 0.6 is 0 Å². The molecule has 0 amide bonds. The van der Waals surface area contributed by atoms with Gasteiger partial charge in [0.05, 0.1) is 24.9 Å². The van der Waals surface area contributed by atoms with E-state index in [1.54, 1.807) is 7.11 Å². The first-order valence-electron chi connectivity index (χ1n) is 8.40. The highest BCUT2D eigenvalue weighted by atomic mass is 16.5. The van der Waals surface area contributed by atoms with E-state index in [1.165, 1.54) is 6.07 Å². The Morgan fingerprint density at radius 1 is 1.38 bits per heavy atom. The zero-order valence-electron chi connectivity index (χ0n) is 13.9. The zero-order valence-corrected chi connectivity index (χ0v) is 13.9. The summed E-state index contributed by atoms with van der Waals surface area (Å²) in [6, 6.07) is 1.60. The van der Waals surface area contributed by atoms with Gasteiger partial charge in [-0.15, -0.1) is 0 Å². The Morgan fingerprint density at radius 2 is 2.21 bits per heavy atom. The van der Waals surface area contributed by atoms with Crippen molar-refractivity contribution in [3.05, 3.63) is 32.6 Å². The molecular formula is C16H25N3O5. The molecule has 0 aromatic carbocycles. The van der Waals surface area contributed by atoms with Crippen molar-refractivity contribution in [2.75, 3.05) is 26.9 Å². The first kappa shape index (κ1) is 17.3. The summed E-state index contributed by atoms with van der Waals surface area (Å²) in [6.45, 7) is 1.72. The second kappa shape index (κ2) is 7.18. The standard InChI is InChI=1S/C16H25N3O5/c1-23-16-3-2-12(24-7-6-20)9-13(16)19(5-4-16)10-11-8-14(21)18-15(22)17-11/h8,12-13,20H,2-7,9-10H2,1H3,(H2,17,18,21,22)/t12-,13+,16-/m1/s1. The number of aromatic nitrogens is 2. The van der Waals surface area contributed by atoms with Crippen LogP contribution in [0.2, 0.25) is 0 Å². The first-order valence-corrected chi connectivity index (χ1v) is 8.40. The van der Waals surface area contributed by atoms with Crippen LogP contribution < -0.4 is 11.2 Å². The van der Waals surface area contributed by atoms with Gasteiger partial charge in [-0.05, 0) is 25.7 Å². The van der Waals surface area contributed by atoms with E-state index < -0.39 is 11.2 Å². The van der Waals surface area contributed by atoms with Gasteiger partial charge in [0.2, 0.25) is 0 Å². The number of hydrogen-bond acceptors (Lipinski definition) is 6. The van der Waals surface area contributed by atoms with Crippen LogP contribution in [-0.2, 0) is 16.0 Å². The van der Waals surface area contributed by atoms with Gasteiger partial charge in [-0.3, -0.25) is 14.7 Å². The van der Waals surface area contributed by atoms with Crippen LogP contribution in [0.15, 0.2) is 15.7 Å². The molecule has 3 atom stereocenters. The van der Waals surface area contributed by atoms with Gasteiger partial charge in [0.15, 0.2) is 0 Å². The molecule has 2 fully saturated rings. The molecule has 1 saturated heterocycles. The molecule has 2 heterocycles. The minimum Gasteiger partial charge on any atom is -0.394 e. The van der Waals surface area contributed by atoms with Crippen molar-refractivity contribution >= 4 is 0 Å². The van der Waals surface area contributed by atoms with Crippen LogP contribution in [-0.4, -0.2) is 64.6 Å². The predicted octanol–water partition coefficient (Wildman–Crippen LogP) is -0.416. The molecule has 0 bridgehead atoms. The molecule has 3 N–H and O–H groups in total. The van der Waals surface area contributed by atoms with Crippen molar-refractivity contribution in [2.24, 2.45) is 0 Å². The molecule has 0 radical (unpaired) electrons. The fourth-order valence-electron chi connectivity index (χ4n) is 4.14. The number of aromatic amines is 2. The Balaban J connectivity index is 1.76. The summed E-state index contributed by atoms with van der Waals surface area (Å²) in [5.41, 5.74) is -0.462.